The highest BCUT2D eigenvalue weighted by Gasteiger charge is 2.35. The number of rotatable bonds is 6. The standard InChI is InChI=1S/C28H32N6O2/c1-20-24-19-33(28(35)29-16-18-36-4)26(21-12-14-22(15-13-21)31(2)3)25-11-8-17-32(25)27(24)34(30-20)23-9-6-5-7-10-23/h5-15,17,26H,16,18-19H2,1-4H3,(H,29,35). The maximum atomic E-state index is 13.6. The van der Waals surface area contributed by atoms with Gasteiger partial charge in [0.1, 0.15) is 5.82 Å². The van der Waals surface area contributed by atoms with Crippen LogP contribution in [0.1, 0.15) is 28.6 Å². The molecule has 1 aliphatic rings. The van der Waals surface area contributed by atoms with Gasteiger partial charge < -0.3 is 24.4 Å². The fourth-order valence-electron chi connectivity index (χ4n) is 4.82. The highest BCUT2D eigenvalue weighted by molar-refractivity contribution is 5.76. The molecule has 1 N–H and O–H groups in total. The van der Waals surface area contributed by atoms with Gasteiger partial charge in [-0.3, -0.25) is 0 Å². The normalized spacial score (nSPS) is 14.7. The third-order valence-corrected chi connectivity index (χ3v) is 6.66. The van der Waals surface area contributed by atoms with Crippen molar-refractivity contribution in [2.45, 2.75) is 19.5 Å². The number of methoxy groups -OCH3 is 1. The molecule has 8 heteroatoms. The third kappa shape index (κ3) is 4.24. The maximum Gasteiger partial charge on any atom is 0.318 e. The molecular weight excluding hydrogens is 452 g/mol. The van der Waals surface area contributed by atoms with Crippen molar-refractivity contribution in [2.75, 3.05) is 39.3 Å². The smallest absolute Gasteiger partial charge is 0.318 e. The molecule has 2 amide bonds. The van der Waals surface area contributed by atoms with Crippen LogP contribution in [-0.4, -0.2) is 59.6 Å². The van der Waals surface area contributed by atoms with Crippen LogP contribution in [0.15, 0.2) is 72.9 Å². The molecule has 4 aromatic rings. The van der Waals surface area contributed by atoms with Crippen LogP contribution in [-0.2, 0) is 11.3 Å². The number of carbonyl (C=O) groups is 1. The van der Waals surface area contributed by atoms with Crippen LogP contribution < -0.4 is 10.2 Å². The van der Waals surface area contributed by atoms with Gasteiger partial charge in [0, 0.05) is 45.2 Å². The number of aromatic nitrogens is 3. The molecule has 0 fully saturated rings. The van der Waals surface area contributed by atoms with E-state index < -0.39 is 0 Å². The molecule has 2 aromatic carbocycles. The fourth-order valence-corrected chi connectivity index (χ4v) is 4.82. The van der Waals surface area contributed by atoms with Crippen molar-refractivity contribution in [1.82, 2.24) is 24.6 Å². The number of aryl methyl sites for hydroxylation is 1. The van der Waals surface area contributed by atoms with E-state index in [0.717, 1.165) is 39.7 Å². The van der Waals surface area contributed by atoms with Crippen LogP contribution in [0.25, 0.3) is 11.5 Å². The van der Waals surface area contributed by atoms with Crippen molar-refractivity contribution in [1.29, 1.82) is 0 Å². The highest BCUT2D eigenvalue weighted by atomic mass is 16.5. The SMILES string of the molecule is COCCNC(=O)N1Cc2c(C)nn(-c3ccccc3)c2-n2cccc2C1c1ccc(N(C)C)cc1. The Labute approximate surface area is 211 Å². The van der Waals surface area contributed by atoms with Crippen molar-refractivity contribution >= 4 is 11.7 Å². The van der Waals surface area contributed by atoms with E-state index in [9.17, 15) is 4.79 Å². The summed E-state index contributed by atoms with van der Waals surface area (Å²) in [6.45, 7) is 3.33. The summed E-state index contributed by atoms with van der Waals surface area (Å²) in [5, 5.41) is 7.93. The third-order valence-electron chi connectivity index (χ3n) is 6.66. The number of amides is 2. The number of carbonyl (C=O) groups excluding carboxylic acids is 1. The van der Waals surface area contributed by atoms with Gasteiger partial charge in [-0.25, -0.2) is 9.48 Å². The number of anilines is 1. The van der Waals surface area contributed by atoms with E-state index in [1.807, 2.05) is 67.0 Å². The Morgan fingerprint density at radius 3 is 2.53 bits per heavy atom. The van der Waals surface area contributed by atoms with E-state index >= 15 is 0 Å². The molecular formula is C28H32N6O2. The minimum atomic E-state index is -0.283. The average molecular weight is 485 g/mol. The summed E-state index contributed by atoms with van der Waals surface area (Å²) in [7, 11) is 5.68. The predicted molar refractivity (Wildman–Crippen MR) is 141 cm³/mol. The Kier molecular flexibility index (Phi) is 6.52. The lowest BCUT2D eigenvalue weighted by Crippen LogP contribution is -2.43. The number of nitrogens with zero attached hydrogens (tertiary/aromatic N) is 5. The van der Waals surface area contributed by atoms with Crippen molar-refractivity contribution < 1.29 is 9.53 Å². The van der Waals surface area contributed by atoms with Gasteiger partial charge in [-0.2, -0.15) is 5.10 Å². The summed E-state index contributed by atoms with van der Waals surface area (Å²) < 4.78 is 9.32. The topological polar surface area (TPSA) is 67.6 Å². The molecule has 36 heavy (non-hydrogen) atoms. The first-order valence-corrected chi connectivity index (χ1v) is 12.1. The Morgan fingerprint density at radius 1 is 1.08 bits per heavy atom. The zero-order chi connectivity index (χ0) is 25.2. The van der Waals surface area contributed by atoms with Crippen LogP contribution >= 0.6 is 0 Å². The average Bonchev–Trinajstić information content (AvgIpc) is 3.45. The predicted octanol–water partition coefficient (Wildman–Crippen LogP) is 4.30. The Morgan fingerprint density at radius 2 is 1.83 bits per heavy atom. The van der Waals surface area contributed by atoms with E-state index in [-0.39, 0.29) is 12.1 Å². The molecule has 1 atom stereocenters. The van der Waals surface area contributed by atoms with Crippen molar-refractivity contribution in [2.24, 2.45) is 0 Å². The van der Waals surface area contributed by atoms with Crippen molar-refractivity contribution in [3.63, 3.8) is 0 Å². The minimum Gasteiger partial charge on any atom is -0.383 e. The number of hydrogen-bond acceptors (Lipinski definition) is 4. The molecule has 0 bridgehead atoms. The number of para-hydroxylation sites is 1. The lowest BCUT2D eigenvalue weighted by Gasteiger charge is -2.31. The van der Waals surface area contributed by atoms with E-state index in [0.29, 0.717) is 19.7 Å². The Bertz CT molecular complexity index is 1340. The molecule has 1 unspecified atom stereocenters. The second-order valence-corrected chi connectivity index (χ2v) is 9.18. The van der Waals surface area contributed by atoms with E-state index in [2.05, 4.69) is 51.3 Å². The first kappa shape index (κ1) is 23.7. The molecule has 0 aliphatic carbocycles. The molecule has 0 spiro atoms. The molecule has 2 aromatic heterocycles. The summed E-state index contributed by atoms with van der Waals surface area (Å²) in [5.74, 6) is 0.959. The Balaban J connectivity index is 1.67. The highest BCUT2D eigenvalue weighted by Crippen LogP contribution is 2.38. The molecule has 186 valence electrons. The number of benzene rings is 2. The van der Waals surface area contributed by atoms with Crippen LogP contribution in [0.5, 0.6) is 0 Å². The molecule has 5 rings (SSSR count). The largest absolute Gasteiger partial charge is 0.383 e. The summed E-state index contributed by atoms with van der Waals surface area (Å²) in [4.78, 5) is 17.6. The van der Waals surface area contributed by atoms with Crippen molar-refractivity contribution in [3.05, 3.63) is 95.4 Å². The van der Waals surface area contributed by atoms with Crippen LogP contribution in [0.4, 0.5) is 10.5 Å². The monoisotopic (exact) mass is 484 g/mol. The number of fused-ring (bicyclic) bond motifs is 3. The zero-order valence-corrected chi connectivity index (χ0v) is 21.2. The van der Waals surface area contributed by atoms with Crippen molar-refractivity contribution in [3.8, 4) is 11.5 Å². The molecule has 8 nitrogen and oxygen atoms in total. The van der Waals surface area contributed by atoms with Crippen LogP contribution in [0, 0.1) is 6.92 Å². The summed E-state index contributed by atoms with van der Waals surface area (Å²) in [5.41, 5.74) is 6.05. The van der Waals surface area contributed by atoms with E-state index in [1.165, 1.54) is 0 Å². The Hall–Kier alpha value is -4.04. The van der Waals surface area contributed by atoms with Gasteiger partial charge in [0.05, 0.1) is 36.3 Å². The lowest BCUT2D eigenvalue weighted by molar-refractivity contribution is 0.168. The zero-order valence-electron chi connectivity index (χ0n) is 21.2. The van der Waals surface area contributed by atoms with Gasteiger partial charge in [0.15, 0.2) is 0 Å². The quantitative estimate of drug-likeness (QED) is 0.415. The van der Waals surface area contributed by atoms with E-state index in [1.54, 1.807) is 7.11 Å². The number of ether oxygens (including phenoxy) is 1. The van der Waals surface area contributed by atoms with Crippen LogP contribution in [0.2, 0.25) is 0 Å². The molecule has 1 aliphatic heterocycles. The lowest BCUT2D eigenvalue weighted by atomic mass is 10.0. The van der Waals surface area contributed by atoms with Gasteiger partial charge in [-0.05, 0) is 48.9 Å². The maximum absolute atomic E-state index is 13.6. The van der Waals surface area contributed by atoms with Gasteiger partial charge >= 0.3 is 6.03 Å². The second-order valence-electron chi connectivity index (χ2n) is 9.18. The van der Waals surface area contributed by atoms with Crippen LogP contribution in [0.3, 0.4) is 0 Å². The fraction of sp³-hybridized carbons (Fsp3) is 0.286. The van der Waals surface area contributed by atoms with E-state index in [4.69, 9.17) is 9.84 Å². The number of nitrogens with one attached hydrogen (secondary N) is 1. The first-order valence-electron chi connectivity index (χ1n) is 12.1. The van der Waals surface area contributed by atoms with Gasteiger partial charge in [0.2, 0.25) is 0 Å². The molecule has 0 saturated heterocycles. The summed E-state index contributed by atoms with van der Waals surface area (Å²) in [6, 6.07) is 22.2. The summed E-state index contributed by atoms with van der Waals surface area (Å²) >= 11 is 0. The van der Waals surface area contributed by atoms with Gasteiger partial charge in [0.25, 0.3) is 0 Å². The van der Waals surface area contributed by atoms with Gasteiger partial charge in [-0.1, -0.05) is 30.3 Å². The molecule has 3 heterocycles. The number of hydrogen-bond donors (Lipinski definition) is 1. The minimum absolute atomic E-state index is 0.138. The molecule has 0 radical (unpaired) electrons. The summed E-state index contributed by atoms with van der Waals surface area (Å²) in [6.07, 6.45) is 2.06. The van der Waals surface area contributed by atoms with Gasteiger partial charge in [-0.15, -0.1) is 0 Å². The molecule has 0 saturated carbocycles. The number of urea groups is 1. The second kappa shape index (κ2) is 9.91. The first-order chi connectivity index (χ1) is 17.5.